The summed E-state index contributed by atoms with van der Waals surface area (Å²) >= 11 is 0. The van der Waals surface area contributed by atoms with Crippen LogP contribution in [-0.2, 0) is 21.0 Å². The fraction of sp³-hybridized carbons (Fsp3) is 0.500. The molecule has 4 rings (SSSR count). The molecule has 3 fully saturated rings. The van der Waals surface area contributed by atoms with Crippen molar-refractivity contribution < 1.29 is 19.5 Å². The Hall–Kier alpha value is -1.92. The maximum atomic E-state index is 12.3. The topological polar surface area (TPSA) is 70.1 Å². The quantitative estimate of drug-likeness (QED) is 0.907. The third-order valence-corrected chi connectivity index (χ3v) is 4.28. The molecule has 22 heavy (non-hydrogen) atoms. The van der Waals surface area contributed by atoms with Crippen LogP contribution in [0.3, 0.4) is 0 Å². The molecule has 1 aromatic carbocycles. The second-order valence-electron chi connectivity index (χ2n) is 5.83. The van der Waals surface area contributed by atoms with E-state index in [1.165, 1.54) is 5.06 Å². The highest BCUT2D eigenvalue weighted by molar-refractivity contribution is 5.77. The molecule has 1 atom stereocenters. The lowest BCUT2D eigenvalue weighted by Crippen LogP contribution is -2.63. The predicted octanol–water partition coefficient (Wildman–Crippen LogP) is 1.27. The van der Waals surface area contributed by atoms with Gasteiger partial charge in [0.1, 0.15) is 12.6 Å². The van der Waals surface area contributed by atoms with Crippen molar-refractivity contribution in [3.63, 3.8) is 0 Å². The first-order valence-corrected chi connectivity index (χ1v) is 7.61. The molecule has 1 amide bonds. The molecule has 1 aromatic rings. The number of carboxylic acids is 1. The molecule has 6 nitrogen and oxygen atoms in total. The van der Waals surface area contributed by atoms with Gasteiger partial charge in [-0.05, 0) is 18.4 Å². The van der Waals surface area contributed by atoms with Crippen molar-refractivity contribution in [1.29, 1.82) is 0 Å². The summed E-state index contributed by atoms with van der Waals surface area (Å²) in [4.78, 5) is 31.2. The number of rotatable bonds is 4. The molecule has 0 spiro atoms. The lowest BCUT2D eigenvalue weighted by atomic mass is 10.0. The number of nitrogens with zero attached hydrogens (tertiary/aromatic N) is 2. The van der Waals surface area contributed by atoms with Gasteiger partial charge in [0.25, 0.3) is 0 Å². The van der Waals surface area contributed by atoms with E-state index in [0.717, 1.165) is 5.56 Å². The number of carbonyl (C=O) groups excluding carboxylic acids is 1. The first-order chi connectivity index (χ1) is 10.6. The molecular weight excluding hydrogens is 284 g/mol. The van der Waals surface area contributed by atoms with E-state index in [0.29, 0.717) is 39.0 Å². The van der Waals surface area contributed by atoms with Gasteiger partial charge in [-0.3, -0.25) is 19.3 Å². The maximum absolute atomic E-state index is 12.3. The number of carbonyl (C=O) groups is 2. The zero-order valence-corrected chi connectivity index (χ0v) is 12.4. The van der Waals surface area contributed by atoms with Crippen molar-refractivity contribution in [1.82, 2.24) is 9.96 Å². The van der Waals surface area contributed by atoms with Crippen LogP contribution in [0.5, 0.6) is 0 Å². The minimum atomic E-state index is -0.801. The number of fused-ring (bicyclic) bond motifs is 5. The minimum Gasteiger partial charge on any atom is -0.480 e. The molecule has 3 aliphatic heterocycles. The highest BCUT2D eigenvalue weighted by Crippen LogP contribution is 2.25. The molecule has 2 bridgehead atoms. The van der Waals surface area contributed by atoms with Crippen LogP contribution in [0.25, 0.3) is 0 Å². The van der Waals surface area contributed by atoms with Gasteiger partial charge >= 0.3 is 5.97 Å². The van der Waals surface area contributed by atoms with Crippen molar-refractivity contribution in [3.05, 3.63) is 35.9 Å². The summed E-state index contributed by atoms with van der Waals surface area (Å²) in [7, 11) is 0. The Morgan fingerprint density at radius 1 is 1.27 bits per heavy atom. The SMILES string of the molecule is O=C(O)C1CCCC(=O)N(OCc2ccccc2)C2CN1C2. The van der Waals surface area contributed by atoms with E-state index in [-0.39, 0.29) is 11.9 Å². The van der Waals surface area contributed by atoms with E-state index in [2.05, 4.69) is 0 Å². The van der Waals surface area contributed by atoms with E-state index < -0.39 is 12.0 Å². The average molecular weight is 304 g/mol. The Balaban J connectivity index is 1.64. The van der Waals surface area contributed by atoms with Crippen molar-refractivity contribution in [2.75, 3.05) is 13.1 Å². The molecule has 118 valence electrons. The molecule has 0 radical (unpaired) electrons. The summed E-state index contributed by atoms with van der Waals surface area (Å²) in [5.41, 5.74) is 1.01. The average Bonchev–Trinajstić information content (AvgIpc) is 2.57. The molecule has 0 aliphatic carbocycles. The third-order valence-electron chi connectivity index (χ3n) is 4.28. The maximum Gasteiger partial charge on any atom is 0.320 e. The second kappa shape index (κ2) is 6.46. The summed E-state index contributed by atoms with van der Waals surface area (Å²) in [6.07, 6.45) is 1.42. The molecule has 0 saturated carbocycles. The Morgan fingerprint density at radius 3 is 2.68 bits per heavy atom. The second-order valence-corrected chi connectivity index (χ2v) is 5.83. The zero-order valence-electron chi connectivity index (χ0n) is 12.4. The van der Waals surface area contributed by atoms with Gasteiger partial charge in [0.05, 0.1) is 6.04 Å². The van der Waals surface area contributed by atoms with Gasteiger partial charge in [-0.2, -0.15) is 0 Å². The minimum absolute atomic E-state index is 0.0452. The van der Waals surface area contributed by atoms with Gasteiger partial charge in [0, 0.05) is 19.5 Å². The van der Waals surface area contributed by atoms with E-state index in [9.17, 15) is 14.7 Å². The van der Waals surface area contributed by atoms with E-state index >= 15 is 0 Å². The summed E-state index contributed by atoms with van der Waals surface area (Å²) in [5.74, 6) is -0.851. The van der Waals surface area contributed by atoms with Crippen molar-refractivity contribution in [3.8, 4) is 0 Å². The van der Waals surface area contributed by atoms with Gasteiger partial charge < -0.3 is 5.11 Å². The number of aliphatic carboxylic acids is 1. The van der Waals surface area contributed by atoms with Gasteiger partial charge in [0.15, 0.2) is 0 Å². The summed E-state index contributed by atoms with van der Waals surface area (Å²) < 4.78 is 0. The van der Waals surface area contributed by atoms with Gasteiger partial charge in [-0.15, -0.1) is 0 Å². The van der Waals surface area contributed by atoms with E-state index in [1.807, 2.05) is 35.2 Å². The monoisotopic (exact) mass is 304 g/mol. The van der Waals surface area contributed by atoms with Crippen LogP contribution < -0.4 is 0 Å². The smallest absolute Gasteiger partial charge is 0.320 e. The molecule has 3 heterocycles. The summed E-state index contributed by atoms with van der Waals surface area (Å²) in [6, 6.07) is 9.19. The van der Waals surface area contributed by atoms with Crippen molar-refractivity contribution in [2.45, 2.75) is 38.0 Å². The first-order valence-electron chi connectivity index (χ1n) is 7.61. The Bertz CT molecular complexity index is 542. The Labute approximate surface area is 129 Å². The summed E-state index contributed by atoms with van der Waals surface area (Å²) in [6.45, 7) is 1.49. The van der Waals surface area contributed by atoms with Crippen LogP contribution in [-0.4, -0.2) is 52.1 Å². The van der Waals surface area contributed by atoms with Crippen molar-refractivity contribution >= 4 is 11.9 Å². The fourth-order valence-electron chi connectivity index (χ4n) is 3.01. The van der Waals surface area contributed by atoms with Gasteiger partial charge in [-0.1, -0.05) is 30.3 Å². The van der Waals surface area contributed by atoms with Crippen LogP contribution >= 0.6 is 0 Å². The van der Waals surface area contributed by atoms with Crippen LogP contribution in [0.1, 0.15) is 24.8 Å². The fourth-order valence-corrected chi connectivity index (χ4v) is 3.01. The molecule has 0 aromatic heterocycles. The number of hydrogen-bond acceptors (Lipinski definition) is 4. The number of hydrogen-bond donors (Lipinski definition) is 1. The summed E-state index contributed by atoms with van der Waals surface area (Å²) in [5, 5.41) is 10.7. The molecule has 3 aliphatic rings. The highest BCUT2D eigenvalue weighted by Gasteiger charge is 2.42. The van der Waals surface area contributed by atoms with E-state index in [4.69, 9.17) is 4.84 Å². The van der Waals surface area contributed by atoms with Gasteiger partial charge in [0.2, 0.25) is 5.91 Å². The van der Waals surface area contributed by atoms with E-state index in [1.54, 1.807) is 0 Å². The lowest BCUT2D eigenvalue weighted by Gasteiger charge is -2.45. The normalized spacial score (nSPS) is 28.3. The predicted molar refractivity (Wildman–Crippen MR) is 78.7 cm³/mol. The van der Waals surface area contributed by atoms with Crippen LogP contribution in [0.15, 0.2) is 30.3 Å². The molecule has 1 unspecified atom stereocenters. The molecule has 3 saturated heterocycles. The highest BCUT2D eigenvalue weighted by atomic mass is 16.7. The first kappa shape index (κ1) is 15.0. The number of amides is 1. The van der Waals surface area contributed by atoms with Crippen molar-refractivity contribution in [2.24, 2.45) is 0 Å². The van der Waals surface area contributed by atoms with Crippen LogP contribution in [0.2, 0.25) is 0 Å². The number of carboxylic acid groups (broad SMARTS) is 1. The molecule has 6 heteroatoms. The van der Waals surface area contributed by atoms with Crippen LogP contribution in [0.4, 0.5) is 0 Å². The third kappa shape index (κ3) is 3.13. The standard InChI is InChI=1S/C16H20N2O4/c19-15-8-4-7-14(16(20)21)17-9-13(10-17)18(15)22-11-12-5-2-1-3-6-12/h1-3,5-6,13-14H,4,7-11H2,(H,20,21). The number of hydroxylamine groups is 2. The van der Waals surface area contributed by atoms with Crippen LogP contribution in [0, 0.1) is 0 Å². The Kier molecular flexibility index (Phi) is 4.40. The Morgan fingerprint density at radius 2 is 2.00 bits per heavy atom. The zero-order chi connectivity index (χ0) is 15.5. The molecular formula is C16H20N2O4. The largest absolute Gasteiger partial charge is 0.480 e. The number of benzene rings is 1. The van der Waals surface area contributed by atoms with Gasteiger partial charge in [-0.25, -0.2) is 5.06 Å². The molecule has 1 N–H and O–H groups in total. The lowest BCUT2D eigenvalue weighted by molar-refractivity contribution is -0.222.